The highest BCUT2D eigenvalue weighted by Crippen LogP contribution is 2.21. The molecule has 2 N–H and O–H groups in total. The molecule has 0 aliphatic heterocycles. The van der Waals surface area contributed by atoms with Crippen molar-refractivity contribution in [3.8, 4) is 0 Å². The van der Waals surface area contributed by atoms with Gasteiger partial charge in [-0.2, -0.15) is 0 Å². The number of nitrogens with one attached hydrogen (secondary N) is 2. The molecule has 0 radical (unpaired) electrons. The fraction of sp³-hybridized carbons (Fsp3) is 0.214. The van der Waals surface area contributed by atoms with E-state index in [4.69, 9.17) is 0 Å². The Morgan fingerprint density at radius 1 is 1.19 bits per heavy atom. The van der Waals surface area contributed by atoms with E-state index in [0.717, 1.165) is 10.2 Å². The molecule has 0 saturated heterocycles. The van der Waals surface area contributed by atoms with Crippen molar-refractivity contribution in [3.63, 3.8) is 0 Å². The first-order chi connectivity index (χ1) is 10.0. The van der Waals surface area contributed by atoms with Crippen LogP contribution in [-0.4, -0.2) is 19.9 Å². The van der Waals surface area contributed by atoms with Gasteiger partial charge in [0.15, 0.2) is 0 Å². The minimum atomic E-state index is -3.49. The number of anilines is 1. The number of pyridine rings is 1. The van der Waals surface area contributed by atoms with E-state index in [-0.39, 0.29) is 4.90 Å². The zero-order valence-electron chi connectivity index (χ0n) is 11.5. The van der Waals surface area contributed by atoms with Gasteiger partial charge in [0, 0.05) is 17.2 Å². The van der Waals surface area contributed by atoms with Gasteiger partial charge >= 0.3 is 0 Å². The van der Waals surface area contributed by atoms with E-state index in [1.807, 2.05) is 12.1 Å². The number of aromatic nitrogens is 1. The summed E-state index contributed by atoms with van der Waals surface area (Å²) < 4.78 is 27.7. The molecule has 0 bridgehead atoms. The van der Waals surface area contributed by atoms with Crippen molar-refractivity contribution in [3.05, 3.63) is 52.8 Å². The monoisotopic (exact) mass is 369 g/mol. The molecule has 0 unspecified atom stereocenters. The fourth-order valence-corrected chi connectivity index (χ4v) is 3.27. The van der Waals surface area contributed by atoms with Crippen LogP contribution in [0.1, 0.15) is 12.6 Å². The van der Waals surface area contributed by atoms with Gasteiger partial charge in [-0.05, 0) is 40.2 Å². The third kappa shape index (κ3) is 4.26. The summed E-state index contributed by atoms with van der Waals surface area (Å²) >= 11 is 3.33. The molecule has 0 aliphatic carbocycles. The Labute approximate surface area is 133 Å². The van der Waals surface area contributed by atoms with Crippen LogP contribution in [0.5, 0.6) is 0 Å². The number of hydrogen-bond acceptors (Lipinski definition) is 4. The minimum absolute atomic E-state index is 0.240. The second kappa shape index (κ2) is 7.02. The summed E-state index contributed by atoms with van der Waals surface area (Å²) in [6.45, 7) is 2.55. The molecule has 0 amide bonds. The van der Waals surface area contributed by atoms with Gasteiger partial charge in [-0.1, -0.05) is 19.1 Å². The van der Waals surface area contributed by atoms with Crippen LogP contribution in [-0.2, 0) is 16.6 Å². The molecule has 2 aromatic rings. The zero-order valence-corrected chi connectivity index (χ0v) is 13.9. The molecule has 5 nitrogen and oxygen atoms in total. The molecule has 0 fully saturated rings. The quantitative estimate of drug-likeness (QED) is 0.820. The van der Waals surface area contributed by atoms with E-state index in [1.54, 1.807) is 37.4 Å². The topological polar surface area (TPSA) is 71.1 Å². The van der Waals surface area contributed by atoms with Gasteiger partial charge in [-0.15, -0.1) is 0 Å². The predicted molar refractivity (Wildman–Crippen MR) is 86.6 cm³/mol. The van der Waals surface area contributed by atoms with Gasteiger partial charge in [0.2, 0.25) is 10.0 Å². The third-order valence-electron chi connectivity index (χ3n) is 2.76. The third-order valence-corrected chi connectivity index (χ3v) is 4.83. The lowest BCUT2D eigenvalue weighted by atomic mass is 10.3. The largest absolute Gasteiger partial charge is 0.378 e. The van der Waals surface area contributed by atoms with Gasteiger partial charge in [0.05, 0.1) is 17.9 Å². The molecular weight excluding hydrogens is 354 g/mol. The van der Waals surface area contributed by atoms with Crippen LogP contribution in [0.2, 0.25) is 0 Å². The summed E-state index contributed by atoms with van der Waals surface area (Å²) in [7, 11) is -3.49. The lowest BCUT2D eigenvalue weighted by Crippen LogP contribution is -2.24. The second-order valence-corrected chi connectivity index (χ2v) is 6.97. The number of nitrogens with zero attached hydrogens (tertiary/aromatic N) is 1. The van der Waals surface area contributed by atoms with E-state index in [9.17, 15) is 8.42 Å². The Bertz CT molecular complexity index is 702. The Morgan fingerprint density at radius 3 is 2.62 bits per heavy atom. The molecule has 21 heavy (non-hydrogen) atoms. The highest BCUT2D eigenvalue weighted by atomic mass is 79.9. The van der Waals surface area contributed by atoms with Gasteiger partial charge < -0.3 is 5.32 Å². The van der Waals surface area contributed by atoms with E-state index in [0.29, 0.717) is 18.8 Å². The highest BCUT2D eigenvalue weighted by Gasteiger charge is 2.16. The molecule has 0 saturated carbocycles. The summed E-state index contributed by atoms with van der Waals surface area (Å²) in [6, 6.07) is 10.6. The van der Waals surface area contributed by atoms with Crippen molar-refractivity contribution in [1.29, 1.82) is 0 Å². The van der Waals surface area contributed by atoms with Gasteiger partial charge in [-0.25, -0.2) is 13.1 Å². The number of hydrogen-bond donors (Lipinski definition) is 2. The average molecular weight is 370 g/mol. The van der Waals surface area contributed by atoms with Crippen LogP contribution in [0.15, 0.2) is 52.0 Å². The van der Waals surface area contributed by atoms with Gasteiger partial charge in [-0.3, -0.25) is 4.98 Å². The predicted octanol–water partition coefficient (Wildman–Crippen LogP) is 2.75. The average Bonchev–Trinajstić information content (AvgIpc) is 2.47. The summed E-state index contributed by atoms with van der Waals surface area (Å²) in [5.74, 6) is 0. The van der Waals surface area contributed by atoms with Crippen LogP contribution in [0.25, 0.3) is 0 Å². The summed E-state index contributed by atoms with van der Waals surface area (Å²) in [5, 5.41) is 3.12. The Balaban J connectivity index is 2.19. The number of halogens is 1. The van der Waals surface area contributed by atoms with Crippen molar-refractivity contribution in [1.82, 2.24) is 9.71 Å². The molecular formula is C14H16BrN3O2S. The lowest BCUT2D eigenvalue weighted by molar-refractivity contribution is 0.584. The van der Waals surface area contributed by atoms with Gasteiger partial charge in [0.1, 0.15) is 4.90 Å². The summed E-state index contributed by atoms with van der Waals surface area (Å²) in [5.41, 5.74) is 1.39. The molecule has 0 aliphatic rings. The first-order valence-corrected chi connectivity index (χ1v) is 8.73. The van der Waals surface area contributed by atoms with Crippen LogP contribution >= 0.6 is 15.9 Å². The van der Waals surface area contributed by atoms with E-state index in [2.05, 4.69) is 31.0 Å². The summed E-state index contributed by atoms with van der Waals surface area (Å²) in [6.07, 6.45) is 1.71. The van der Waals surface area contributed by atoms with Crippen molar-refractivity contribution < 1.29 is 8.42 Å². The van der Waals surface area contributed by atoms with E-state index < -0.39 is 10.0 Å². The molecule has 2 rings (SSSR count). The van der Waals surface area contributed by atoms with E-state index in [1.165, 1.54) is 0 Å². The first kappa shape index (κ1) is 15.9. The molecule has 1 aromatic heterocycles. The fourth-order valence-electron chi connectivity index (χ4n) is 1.81. The van der Waals surface area contributed by atoms with Gasteiger partial charge in [0.25, 0.3) is 0 Å². The number of benzene rings is 1. The molecule has 1 aromatic carbocycles. The zero-order chi connectivity index (χ0) is 15.3. The molecule has 112 valence electrons. The maximum Gasteiger partial charge on any atom is 0.242 e. The van der Waals surface area contributed by atoms with Crippen molar-refractivity contribution in [2.24, 2.45) is 0 Å². The Hall–Kier alpha value is -1.44. The normalized spacial score (nSPS) is 11.3. The lowest BCUT2D eigenvalue weighted by Gasteiger charge is -2.12. The maximum atomic E-state index is 12.1. The maximum absolute atomic E-state index is 12.1. The number of rotatable bonds is 6. The number of para-hydroxylation sites is 1. The molecule has 7 heteroatoms. The SMILES string of the molecule is CCNS(=O)(=O)c1ccccc1NCc1ccc(Br)cn1. The van der Waals surface area contributed by atoms with Crippen LogP contribution in [0.4, 0.5) is 5.69 Å². The first-order valence-electron chi connectivity index (χ1n) is 6.46. The van der Waals surface area contributed by atoms with Crippen LogP contribution in [0.3, 0.4) is 0 Å². The van der Waals surface area contributed by atoms with Crippen molar-refractivity contribution in [2.75, 3.05) is 11.9 Å². The molecule has 1 heterocycles. The minimum Gasteiger partial charge on any atom is -0.378 e. The summed E-state index contributed by atoms with van der Waals surface area (Å²) in [4.78, 5) is 4.49. The standard InChI is InChI=1S/C14H16BrN3O2S/c1-2-18-21(19,20)14-6-4-3-5-13(14)17-10-12-8-7-11(15)9-16-12/h3-9,17-18H,2,10H2,1H3. The Kier molecular flexibility index (Phi) is 5.33. The van der Waals surface area contributed by atoms with Crippen molar-refractivity contribution in [2.45, 2.75) is 18.4 Å². The van der Waals surface area contributed by atoms with Crippen molar-refractivity contribution >= 4 is 31.6 Å². The number of sulfonamides is 1. The molecule has 0 atom stereocenters. The smallest absolute Gasteiger partial charge is 0.242 e. The van der Waals surface area contributed by atoms with Crippen LogP contribution in [0, 0.1) is 0 Å². The second-order valence-electron chi connectivity index (χ2n) is 4.32. The Morgan fingerprint density at radius 2 is 1.95 bits per heavy atom. The highest BCUT2D eigenvalue weighted by molar-refractivity contribution is 9.10. The van der Waals surface area contributed by atoms with Crippen LogP contribution < -0.4 is 10.0 Å². The van der Waals surface area contributed by atoms with E-state index >= 15 is 0 Å². The molecule has 0 spiro atoms.